The van der Waals surface area contributed by atoms with Crippen LogP contribution < -0.4 is 15.0 Å². The molecule has 2 aromatic rings. The molecule has 2 aromatic carbocycles. The van der Waals surface area contributed by atoms with Gasteiger partial charge in [0.1, 0.15) is 12.3 Å². The summed E-state index contributed by atoms with van der Waals surface area (Å²) in [6.45, 7) is 2.04. The lowest BCUT2D eigenvalue weighted by Gasteiger charge is -2.29. The van der Waals surface area contributed by atoms with Gasteiger partial charge < -0.3 is 10.1 Å². The molecule has 0 radical (unpaired) electrons. The lowest BCUT2D eigenvalue weighted by atomic mass is 10.2. The number of fused-ring (bicyclic) bond motifs is 1. The molecule has 30 heavy (non-hydrogen) atoms. The van der Waals surface area contributed by atoms with Crippen LogP contribution in [0, 0.1) is 10.1 Å². The van der Waals surface area contributed by atoms with Crippen LogP contribution in [0.1, 0.15) is 12.0 Å². The quantitative estimate of drug-likeness (QED) is 0.574. The van der Waals surface area contributed by atoms with Crippen molar-refractivity contribution < 1.29 is 19.2 Å². The fourth-order valence-electron chi connectivity index (χ4n) is 3.83. The predicted octanol–water partition coefficient (Wildman–Crippen LogP) is 1.71. The molecular formula is C21H22N4O5. The second kappa shape index (κ2) is 8.50. The molecule has 1 fully saturated rings. The SMILES string of the molecule is O=C(CN1C(=O)COc2ccc([N+](=O)[O-])cc21)NC1CCN(Cc2ccccc2)C1. The number of rotatable bonds is 6. The van der Waals surface area contributed by atoms with Crippen LogP contribution in [-0.2, 0) is 16.1 Å². The number of hydrogen-bond donors (Lipinski definition) is 1. The van der Waals surface area contributed by atoms with E-state index in [0.29, 0.717) is 5.75 Å². The van der Waals surface area contributed by atoms with Gasteiger partial charge in [0.05, 0.1) is 10.6 Å². The second-order valence-corrected chi connectivity index (χ2v) is 7.45. The number of nitrogens with zero attached hydrogens (tertiary/aromatic N) is 3. The van der Waals surface area contributed by atoms with Crippen molar-refractivity contribution in [3.63, 3.8) is 0 Å². The van der Waals surface area contributed by atoms with Crippen LogP contribution >= 0.6 is 0 Å². The molecule has 9 nitrogen and oxygen atoms in total. The topological polar surface area (TPSA) is 105 Å². The van der Waals surface area contributed by atoms with Crippen molar-refractivity contribution in [3.05, 3.63) is 64.2 Å². The summed E-state index contributed by atoms with van der Waals surface area (Å²) >= 11 is 0. The van der Waals surface area contributed by atoms with Crippen molar-refractivity contribution in [2.45, 2.75) is 19.0 Å². The molecular weight excluding hydrogens is 388 g/mol. The third kappa shape index (κ3) is 4.41. The summed E-state index contributed by atoms with van der Waals surface area (Å²) in [4.78, 5) is 39.0. The van der Waals surface area contributed by atoms with E-state index in [1.165, 1.54) is 28.7 Å². The summed E-state index contributed by atoms with van der Waals surface area (Å²) in [6, 6.07) is 14.2. The van der Waals surface area contributed by atoms with Crippen molar-refractivity contribution in [2.24, 2.45) is 0 Å². The van der Waals surface area contributed by atoms with Gasteiger partial charge in [0.15, 0.2) is 6.61 Å². The zero-order valence-electron chi connectivity index (χ0n) is 16.3. The highest BCUT2D eigenvalue weighted by atomic mass is 16.6. The maximum absolute atomic E-state index is 12.6. The number of nitro groups is 1. The fourth-order valence-corrected chi connectivity index (χ4v) is 3.83. The van der Waals surface area contributed by atoms with Gasteiger partial charge in [0.25, 0.3) is 11.6 Å². The van der Waals surface area contributed by atoms with Crippen LogP contribution in [0.25, 0.3) is 0 Å². The number of non-ortho nitro benzene ring substituents is 1. The van der Waals surface area contributed by atoms with Gasteiger partial charge in [-0.1, -0.05) is 30.3 Å². The average Bonchev–Trinajstić information content (AvgIpc) is 3.17. The number of benzene rings is 2. The Morgan fingerprint density at radius 3 is 2.80 bits per heavy atom. The fraction of sp³-hybridized carbons (Fsp3) is 0.333. The number of anilines is 1. The standard InChI is InChI=1S/C21H22N4O5/c26-20(22-16-8-9-23(12-16)11-15-4-2-1-3-5-15)13-24-18-10-17(25(28)29)6-7-19(18)30-14-21(24)27/h1-7,10,16H,8-9,11-14H2,(H,22,26). The van der Waals surface area contributed by atoms with Crippen molar-refractivity contribution >= 4 is 23.2 Å². The van der Waals surface area contributed by atoms with Gasteiger partial charge in [0.2, 0.25) is 5.91 Å². The van der Waals surface area contributed by atoms with Crippen LogP contribution in [-0.4, -0.2) is 53.9 Å². The molecule has 0 bridgehead atoms. The summed E-state index contributed by atoms with van der Waals surface area (Å²) in [5.74, 6) is -0.354. The van der Waals surface area contributed by atoms with Gasteiger partial charge >= 0.3 is 0 Å². The molecule has 1 N–H and O–H groups in total. The molecule has 2 heterocycles. The highest BCUT2D eigenvalue weighted by Crippen LogP contribution is 2.35. The maximum atomic E-state index is 12.6. The van der Waals surface area contributed by atoms with Gasteiger partial charge in [-0.3, -0.25) is 29.5 Å². The van der Waals surface area contributed by atoms with Crippen molar-refractivity contribution in [1.29, 1.82) is 0 Å². The molecule has 2 amide bonds. The van der Waals surface area contributed by atoms with E-state index < -0.39 is 10.8 Å². The largest absolute Gasteiger partial charge is 0.482 e. The number of carbonyl (C=O) groups is 2. The lowest BCUT2D eigenvalue weighted by Crippen LogP contribution is -2.47. The third-order valence-corrected chi connectivity index (χ3v) is 5.28. The summed E-state index contributed by atoms with van der Waals surface area (Å²) in [7, 11) is 0. The summed E-state index contributed by atoms with van der Waals surface area (Å²) in [5, 5.41) is 14.0. The van der Waals surface area contributed by atoms with E-state index in [2.05, 4.69) is 22.3 Å². The molecule has 1 saturated heterocycles. The Morgan fingerprint density at radius 2 is 2.03 bits per heavy atom. The zero-order chi connectivity index (χ0) is 21.1. The number of nitro benzene ring substituents is 1. The van der Waals surface area contributed by atoms with E-state index in [0.717, 1.165) is 26.1 Å². The molecule has 9 heteroatoms. The van der Waals surface area contributed by atoms with Gasteiger partial charge in [-0.2, -0.15) is 0 Å². The first-order valence-electron chi connectivity index (χ1n) is 9.77. The predicted molar refractivity (Wildman–Crippen MR) is 109 cm³/mol. The summed E-state index contributed by atoms with van der Waals surface area (Å²) in [6.07, 6.45) is 0.831. The summed E-state index contributed by atoms with van der Waals surface area (Å²) in [5.41, 5.74) is 1.30. The molecule has 1 atom stereocenters. The maximum Gasteiger partial charge on any atom is 0.271 e. The number of likely N-dealkylation sites (tertiary alicyclic amines) is 1. The zero-order valence-corrected chi connectivity index (χ0v) is 16.3. The van der Waals surface area contributed by atoms with Crippen molar-refractivity contribution in [3.8, 4) is 5.75 Å². The van der Waals surface area contributed by atoms with E-state index in [1.807, 2.05) is 18.2 Å². The highest BCUT2D eigenvalue weighted by molar-refractivity contribution is 6.02. The average molecular weight is 410 g/mol. The molecule has 2 aliphatic rings. The van der Waals surface area contributed by atoms with Gasteiger partial charge in [-0.25, -0.2) is 0 Å². The molecule has 156 valence electrons. The molecule has 0 aromatic heterocycles. The Balaban J connectivity index is 1.37. The molecule has 4 rings (SSSR count). The van der Waals surface area contributed by atoms with E-state index in [4.69, 9.17) is 4.74 Å². The number of nitrogens with one attached hydrogen (secondary N) is 1. The molecule has 0 saturated carbocycles. The molecule has 1 unspecified atom stereocenters. The first-order chi connectivity index (χ1) is 14.5. The number of carbonyl (C=O) groups excluding carboxylic acids is 2. The van der Waals surface area contributed by atoms with Crippen LogP contribution in [0.2, 0.25) is 0 Å². The van der Waals surface area contributed by atoms with E-state index in [1.54, 1.807) is 0 Å². The van der Waals surface area contributed by atoms with E-state index >= 15 is 0 Å². The van der Waals surface area contributed by atoms with E-state index in [-0.39, 0.29) is 36.5 Å². The monoisotopic (exact) mass is 410 g/mol. The normalized spacial score (nSPS) is 18.6. The Kier molecular flexibility index (Phi) is 5.62. The third-order valence-electron chi connectivity index (χ3n) is 5.28. The molecule has 0 aliphatic carbocycles. The van der Waals surface area contributed by atoms with Gasteiger partial charge in [-0.05, 0) is 18.1 Å². The minimum atomic E-state index is -0.544. The minimum absolute atomic E-state index is 0.00179. The van der Waals surface area contributed by atoms with Crippen molar-refractivity contribution in [1.82, 2.24) is 10.2 Å². The number of ether oxygens (including phenoxy) is 1. The van der Waals surface area contributed by atoms with Gasteiger partial charge in [0, 0.05) is 37.8 Å². The minimum Gasteiger partial charge on any atom is -0.482 e. The Morgan fingerprint density at radius 1 is 1.23 bits per heavy atom. The number of amides is 2. The molecule has 0 spiro atoms. The Bertz CT molecular complexity index is 965. The first kappa shape index (κ1) is 19.8. The van der Waals surface area contributed by atoms with Crippen molar-refractivity contribution in [2.75, 3.05) is 31.1 Å². The highest BCUT2D eigenvalue weighted by Gasteiger charge is 2.30. The smallest absolute Gasteiger partial charge is 0.271 e. The van der Waals surface area contributed by atoms with Crippen LogP contribution in [0.5, 0.6) is 5.75 Å². The Hall–Kier alpha value is -3.46. The lowest BCUT2D eigenvalue weighted by molar-refractivity contribution is -0.384. The number of hydrogen-bond acceptors (Lipinski definition) is 6. The summed E-state index contributed by atoms with van der Waals surface area (Å²) < 4.78 is 5.33. The Labute approximate surface area is 173 Å². The first-order valence-corrected chi connectivity index (χ1v) is 9.77. The van der Waals surface area contributed by atoms with Crippen LogP contribution in [0.3, 0.4) is 0 Å². The van der Waals surface area contributed by atoms with Crippen LogP contribution in [0.15, 0.2) is 48.5 Å². The van der Waals surface area contributed by atoms with Crippen LogP contribution in [0.4, 0.5) is 11.4 Å². The van der Waals surface area contributed by atoms with Gasteiger partial charge in [-0.15, -0.1) is 0 Å². The second-order valence-electron chi connectivity index (χ2n) is 7.45. The molecule has 2 aliphatic heterocycles. The van der Waals surface area contributed by atoms with E-state index in [9.17, 15) is 19.7 Å².